The minimum absolute atomic E-state index is 0.0737. The highest BCUT2D eigenvalue weighted by Crippen LogP contribution is 2.15. The molecule has 1 saturated heterocycles. The summed E-state index contributed by atoms with van der Waals surface area (Å²) in [6.45, 7) is 0.456. The molecule has 1 atom stereocenters. The van der Waals surface area contributed by atoms with Gasteiger partial charge in [-0.2, -0.15) is 0 Å². The van der Waals surface area contributed by atoms with Gasteiger partial charge in [-0.1, -0.05) is 12.1 Å². The molecular formula is C10H11NO2S. The molecule has 1 aromatic rings. The van der Waals surface area contributed by atoms with Crippen LogP contribution in [0.1, 0.15) is 4.88 Å². The van der Waals surface area contributed by atoms with Gasteiger partial charge in [-0.05, 0) is 17.5 Å². The normalized spacial score (nSPS) is 21.9. The molecule has 3 nitrogen and oxygen atoms in total. The fraction of sp³-hybridized carbons (Fsp3) is 0.300. The highest BCUT2D eigenvalue weighted by Gasteiger charge is 2.26. The maximum absolute atomic E-state index is 11.0. The molecule has 1 amide bonds. The van der Waals surface area contributed by atoms with Gasteiger partial charge in [0.05, 0.1) is 6.04 Å². The van der Waals surface area contributed by atoms with Crippen LogP contribution >= 0.6 is 11.3 Å². The molecular weight excluding hydrogens is 198 g/mol. The fourth-order valence-corrected chi connectivity index (χ4v) is 1.91. The summed E-state index contributed by atoms with van der Waals surface area (Å²) < 4.78 is 4.89. The van der Waals surface area contributed by atoms with Gasteiger partial charge < -0.3 is 9.64 Å². The van der Waals surface area contributed by atoms with E-state index in [4.69, 9.17) is 4.74 Å². The van der Waals surface area contributed by atoms with Crippen LogP contribution in [0.4, 0.5) is 4.79 Å². The zero-order valence-electron chi connectivity index (χ0n) is 7.84. The van der Waals surface area contributed by atoms with Crippen molar-refractivity contribution in [2.24, 2.45) is 0 Å². The number of cyclic esters (lactones) is 1. The molecule has 0 spiro atoms. The molecule has 4 heteroatoms. The molecule has 14 heavy (non-hydrogen) atoms. The van der Waals surface area contributed by atoms with Crippen LogP contribution < -0.4 is 0 Å². The van der Waals surface area contributed by atoms with Gasteiger partial charge in [-0.25, -0.2) is 4.79 Å². The minimum Gasteiger partial charge on any atom is -0.447 e. The predicted octanol–water partition coefficient (Wildman–Crippen LogP) is 2.21. The van der Waals surface area contributed by atoms with Gasteiger partial charge in [0.15, 0.2) is 0 Å². The molecule has 0 N–H and O–H groups in total. The van der Waals surface area contributed by atoms with Crippen molar-refractivity contribution in [1.82, 2.24) is 4.90 Å². The first kappa shape index (κ1) is 9.27. The summed E-state index contributed by atoms with van der Waals surface area (Å²) in [6, 6.07) is 4.12. The Morgan fingerprint density at radius 2 is 2.57 bits per heavy atom. The first-order chi connectivity index (χ1) is 6.77. The summed E-state index contributed by atoms with van der Waals surface area (Å²) in [5, 5.41) is 2.03. The van der Waals surface area contributed by atoms with Crippen LogP contribution in [-0.4, -0.2) is 30.7 Å². The van der Waals surface area contributed by atoms with Gasteiger partial charge in [-0.15, -0.1) is 11.3 Å². The van der Waals surface area contributed by atoms with Crippen LogP contribution in [0.3, 0.4) is 0 Å². The second-order valence-electron chi connectivity index (χ2n) is 3.13. The van der Waals surface area contributed by atoms with E-state index >= 15 is 0 Å². The molecule has 0 aromatic carbocycles. The van der Waals surface area contributed by atoms with E-state index in [9.17, 15) is 4.79 Å². The number of rotatable bonds is 2. The Kier molecular flexibility index (Phi) is 2.54. The van der Waals surface area contributed by atoms with Crippen molar-refractivity contribution in [2.75, 3.05) is 13.7 Å². The highest BCUT2D eigenvalue weighted by molar-refractivity contribution is 7.10. The number of amides is 1. The summed E-state index contributed by atoms with van der Waals surface area (Å²) in [6.07, 6.45) is 3.77. The first-order valence-corrected chi connectivity index (χ1v) is 5.26. The Morgan fingerprint density at radius 3 is 3.14 bits per heavy atom. The van der Waals surface area contributed by atoms with Crippen LogP contribution in [0.25, 0.3) is 6.08 Å². The number of ether oxygens (including phenoxy) is 1. The number of nitrogens with zero attached hydrogens (tertiary/aromatic N) is 1. The largest absolute Gasteiger partial charge is 0.447 e. The lowest BCUT2D eigenvalue weighted by Gasteiger charge is -2.10. The molecule has 0 radical (unpaired) electrons. The van der Waals surface area contributed by atoms with E-state index in [0.717, 1.165) is 0 Å². The van der Waals surface area contributed by atoms with Gasteiger partial charge in [0.2, 0.25) is 0 Å². The van der Waals surface area contributed by atoms with E-state index in [1.807, 2.05) is 29.7 Å². The lowest BCUT2D eigenvalue weighted by Crippen LogP contribution is -2.27. The molecule has 0 saturated carbocycles. The van der Waals surface area contributed by atoms with Crippen molar-refractivity contribution in [2.45, 2.75) is 6.04 Å². The van der Waals surface area contributed by atoms with Crippen molar-refractivity contribution in [1.29, 1.82) is 0 Å². The Morgan fingerprint density at radius 1 is 1.71 bits per heavy atom. The van der Waals surface area contributed by atoms with Crippen LogP contribution in [0.5, 0.6) is 0 Å². The Hall–Kier alpha value is -1.29. The van der Waals surface area contributed by atoms with Crippen molar-refractivity contribution in [3.63, 3.8) is 0 Å². The maximum atomic E-state index is 11.0. The average Bonchev–Trinajstić information content (AvgIpc) is 2.77. The van der Waals surface area contributed by atoms with Gasteiger partial charge in [-0.3, -0.25) is 0 Å². The lowest BCUT2D eigenvalue weighted by molar-refractivity contribution is 0.163. The molecule has 1 aliphatic rings. The molecule has 2 heterocycles. The van der Waals surface area contributed by atoms with Crippen LogP contribution in [-0.2, 0) is 4.74 Å². The molecule has 74 valence electrons. The van der Waals surface area contributed by atoms with E-state index < -0.39 is 0 Å². The number of carbonyl (C=O) groups excluding carboxylic acids is 1. The second-order valence-corrected chi connectivity index (χ2v) is 4.11. The van der Waals surface area contributed by atoms with Gasteiger partial charge in [0, 0.05) is 11.9 Å². The first-order valence-electron chi connectivity index (χ1n) is 4.38. The molecule has 2 rings (SSSR count). The lowest BCUT2D eigenvalue weighted by atomic mass is 10.2. The van der Waals surface area contributed by atoms with Gasteiger partial charge in [0.25, 0.3) is 0 Å². The summed E-state index contributed by atoms with van der Waals surface area (Å²) >= 11 is 1.68. The number of carbonyl (C=O) groups is 1. The fourth-order valence-electron chi connectivity index (χ4n) is 1.28. The molecule has 1 fully saturated rings. The van der Waals surface area contributed by atoms with E-state index in [-0.39, 0.29) is 12.1 Å². The van der Waals surface area contributed by atoms with Crippen LogP contribution in [0.15, 0.2) is 23.6 Å². The summed E-state index contributed by atoms with van der Waals surface area (Å²) in [5.74, 6) is 0. The van der Waals surface area contributed by atoms with Crippen LogP contribution in [0.2, 0.25) is 0 Å². The third-order valence-corrected chi connectivity index (χ3v) is 3.03. The molecule has 1 aliphatic heterocycles. The average molecular weight is 209 g/mol. The van der Waals surface area contributed by atoms with Crippen molar-refractivity contribution in [3.05, 3.63) is 28.5 Å². The summed E-state index contributed by atoms with van der Waals surface area (Å²) in [4.78, 5) is 13.8. The highest BCUT2D eigenvalue weighted by atomic mass is 32.1. The Bertz CT molecular complexity index is 345. The third kappa shape index (κ3) is 1.80. The molecule has 0 aliphatic carbocycles. The van der Waals surface area contributed by atoms with Crippen molar-refractivity contribution < 1.29 is 9.53 Å². The number of thiophene rings is 1. The monoisotopic (exact) mass is 209 g/mol. The minimum atomic E-state index is -0.245. The number of hydrogen-bond donors (Lipinski definition) is 0. The number of hydrogen-bond acceptors (Lipinski definition) is 3. The summed E-state index contributed by atoms with van der Waals surface area (Å²) in [5.41, 5.74) is 0. The quantitative estimate of drug-likeness (QED) is 0.747. The zero-order chi connectivity index (χ0) is 9.97. The van der Waals surface area contributed by atoms with Gasteiger partial charge in [0.1, 0.15) is 6.61 Å². The maximum Gasteiger partial charge on any atom is 0.410 e. The van der Waals surface area contributed by atoms with Crippen molar-refractivity contribution >= 4 is 23.5 Å². The second kappa shape index (κ2) is 3.84. The van der Waals surface area contributed by atoms with Crippen molar-refractivity contribution in [3.8, 4) is 0 Å². The smallest absolute Gasteiger partial charge is 0.410 e. The third-order valence-electron chi connectivity index (χ3n) is 2.19. The zero-order valence-corrected chi connectivity index (χ0v) is 8.66. The van der Waals surface area contributed by atoms with E-state index in [0.29, 0.717) is 6.61 Å². The molecule has 1 aromatic heterocycles. The van der Waals surface area contributed by atoms with E-state index in [1.54, 1.807) is 23.3 Å². The SMILES string of the molecule is CN1C(=O)OC[C@H]1C=Cc1cccs1. The van der Waals surface area contributed by atoms with Gasteiger partial charge >= 0.3 is 6.09 Å². The molecule has 0 bridgehead atoms. The predicted molar refractivity (Wildman–Crippen MR) is 56.3 cm³/mol. The van der Waals surface area contributed by atoms with E-state index in [2.05, 4.69) is 0 Å². The van der Waals surface area contributed by atoms with E-state index in [1.165, 1.54) is 4.88 Å². The number of likely N-dealkylation sites (N-methyl/N-ethyl adjacent to an activating group) is 1. The summed E-state index contributed by atoms with van der Waals surface area (Å²) in [7, 11) is 1.75. The standard InChI is InChI=1S/C10H11NO2S/c1-11-8(7-13-10(11)12)4-5-9-3-2-6-14-9/h2-6,8H,7H2,1H3/t8-/m1/s1. The van der Waals surface area contributed by atoms with Crippen LogP contribution in [0, 0.1) is 0 Å². The Labute approximate surface area is 86.6 Å². The topological polar surface area (TPSA) is 29.5 Å². The molecule has 0 unspecified atom stereocenters. The Balaban J connectivity index is 2.01.